The van der Waals surface area contributed by atoms with Crippen LogP contribution in [0.3, 0.4) is 0 Å². The summed E-state index contributed by atoms with van der Waals surface area (Å²) in [5.41, 5.74) is 1.24. The summed E-state index contributed by atoms with van der Waals surface area (Å²) in [5, 5.41) is 0. The van der Waals surface area contributed by atoms with Crippen LogP contribution in [0.1, 0.15) is 5.56 Å². The second kappa shape index (κ2) is 2.18. The van der Waals surface area contributed by atoms with Gasteiger partial charge in [0.1, 0.15) is 5.75 Å². The molecule has 0 saturated heterocycles. The van der Waals surface area contributed by atoms with Gasteiger partial charge in [0.25, 0.3) is 0 Å². The van der Waals surface area contributed by atoms with E-state index in [0.29, 0.717) is 0 Å². The van der Waals surface area contributed by atoms with Crippen molar-refractivity contribution in [2.24, 2.45) is 0 Å². The fourth-order valence-corrected chi connectivity index (χ4v) is 1.02. The predicted molar refractivity (Wildman–Crippen MR) is 38.8 cm³/mol. The SMILES string of the molecule is [c]1ccc2c(c1)OC=CC2. The van der Waals surface area contributed by atoms with Crippen LogP contribution in [-0.4, -0.2) is 0 Å². The van der Waals surface area contributed by atoms with Gasteiger partial charge in [-0.15, -0.1) is 0 Å². The minimum absolute atomic E-state index is 0.935. The van der Waals surface area contributed by atoms with Crippen LogP contribution >= 0.6 is 0 Å². The number of rotatable bonds is 0. The highest BCUT2D eigenvalue weighted by Crippen LogP contribution is 2.21. The Morgan fingerprint density at radius 1 is 1.50 bits per heavy atom. The van der Waals surface area contributed by atoms with Crippen LogP contribution in [0.25, 0.3) is 0 Å². The quantitative estimate of drug-likeness (QED) is 0.522. The molecule has 10 heavy (non-hydrogen) atoms. The van der Waals surface area contributed by atoms with Crippen molar-refractivity contribution in [1.29, 1.82) is 0 Å². The second-order valence-corrected chi connectivity index (χ2v) is 2.23. The molecule has 1 aromatic carbocycles. The number of hydrogen-bond acceptors (Lipinski definition) is 1. The Morgan fingerprint density at radius 2 is 2.50 bits per heavy atom. The summed E-state index contributed by atoms with van der Waals surface area (Å²) in [5.74, 6) is 0.935. The summed E-state index contributed by atoms with van der Waals surface area (Å²) in [7, 11) is 0. The topological polar surface area (TPSA) is 9.23 Å². The Hall–Kier alpha value is -1.24. The van der Waals surface area contributed by atoms with Crippen LogP contribution in [0, 0.1) is 6.07 Å². The van der Waals surface area contributed by atoms with E-state index in [9.17, 15) is 0 Å². The van der Waals surface area contributed by atoms with E-state index in [4.69, 9.17) is 4.74 Å². The van der Waals surface area contributed by atoms with E-state index in [1.807, 2.05) is 24.3 Å². The van der Waals surface area contributed by atoms with Gasteiger partial charge in [0.05, 0.1) is 6.26 Å². The predicted octanol–water partition coefficient (Wildman–Crippen LogP) is 1.94. The maximum atomic E-state index is 5.21. The number of hydrogen-bond donors (Lipinski definition) is 0. The zero-order valence-electron chi connectivity index (χ0n) is 5.50. The molecule has 1 nitrogen and oxygen atoms in total. The molecule has 1 aliphatic rings. The van der Waals surface area contributed by atoms with E-state index >= 15 is 0 Å². The van der Waals surface area contributed by atoms with Crippen LogP contribution in [0.4, 0.5) is 0 Å². The lowest BCUT2D eigenvalue weighted by molar-refractivity contribution is 0.464. The molecule has 0 spiro atoms. The van der Waals surface area contributed by atoms with E-state index in [-0.39, 0.29) is 0 Å². The summed E-state index contributed by atoms with van der Waals surface area (Å²) in [6, 6.07) is 8.75. The van der Waals surface area contributed by atoms with E-state index in [1.165, 1.54) is 5.56 Å². The van der Waals surface area contributed by atoms with E-state index in [1.54, 1.807) is 6.26 Å². The molecule has 0 atom stereocenters. The van der Waals surface area contributed by atoms with Crippen LogP contribution in [0.15, 0.2) is 30.5 Å². The van der Waals surface area contributed by atoms with E-state index in [2.05, 4.69) is 6.07 Å². The summed E-state index contributed by atoms with van der Waals surface area (Å²) >= 11 is 0. The third-order valence-corrected chi connectivity index (χ3v) is 1.54. The summed E-state index contributed by atoms with van der Waals surface area (Å²) < 4.78 is 5.21. The van der Waals surface area contributed by atoms with Gasteiger partial charge < -0.3 is 4.74 Å². The average Bonchev–Trinajstić information content (AvgIpc) is 2.05. The lowest BCUT2D eigenvalue weighted by Gasteiger charge is -2.09. The van der Waals surface area contributed by atoms with Crippen molar-refractivity contribution in [1.82, 2.24) is 0 Å². The number of fused-ring (bicyclic) bond motifs is 1. The highest BCUT2D eigenvalue weighted by molar-refractivity contribution is 5.36. The Kier molecular flexibility index (Phi) is 1.21. The first kappa shape index (κ1) is 5.54. The fraction of sp³-hybridized carbons (Fsp3) is 0.111. The van der Waals surface area contributed by atoms with Crippen molar-refractivity contribution >= 4 is 0 Å². The maximum Gasteiger partial charge on any atom is 0.130 e. The molecule has 1 aliphatic heterocycles. The van der Waals surface area contributed by atoms with Crippen LogP contribution in [0.5, 0.6) is 5.75 Å². The highest BCUT2D eigenvalue weighted by atomic mass is 16.5. The van der Waals surface area contributed by atoms with Crippen molar-refractivity contribution in [2.45, 2.75) is 6.42 Å². The smallest absolute Gasteiger partial charge is 0.130 e. The molecule has 0 fully saturated rings. The molecule has 0 unspecified atom stereocenters. The van der Waals surface area contributed by atoms with Crippen LogP contribution in [0.2, 0.25) is 0 Å². The highest BCUT2D eigenvalue weighted by Gasteiger charge is 2.02. The molecule has 2 rings (SSSR count). The maximum absolute atomic E-state index is 5.21. The number of ether oxygens (including phenoxy) is 1. The first-order valence-electron chi connectivity index (χ1n) is 3.27. The standard InChI is InChI=1S/C9H7O/c1-2-6-9-8(4-1)5-3-7-10-9/h1,3-4,6-7H,5H2. The van der Waals surface area contributed by atoms with Crippen molar-refractivity contribution in [3.05, 3.63) is 42.2 Å². The van der Waals surface area contributed by atoms with Gasteiger partial charge >= 0.3 is 0 Å². The van der Waals surface area contributed by atoms with Gasteiger partial charge in [0.2, 0.25) is 0 Å². The largest absolute Gasteiger partial charge is 0.465 e. The molecule has 1 heterocycles. The Labute approximate surface area is 59.9 Å². The van der Waals surface area contributed by atoms with Crippen LogP contribution < -0.4 is 4.74 Å². The number of benzene rings is 1. The third-order valence-electron chi connectivity index (χ3n) is 1.54. The van der Waals surface area contributed by atoms with Gasteiger partial charge in [0.15, 0.2) is 0 Å². The minimum Gasteiger partial charge on any atom is -0.465 e. The third kappa shape index (κ3) is 0.798. The Bertz CT molecular complexity index is 236. The molecule has 1 aromatic rings. The molecular formula is C9H7O. The monoisotopic (exact) mass is 131 g/mol. The van der Waals surface area contributed by atoms with Crippen molar-refractivity contribution in [3.8, 4) is 5.75 Å². The first-order valence-corrected chi connectivity index (χ1v) is 3.27. The van der Waals surface area contributed by atoms with Crippen LogP contribution in [-0.2, 0) is 6.42 Å². The molecule has 49 valence electrons. The molecule has 0 saturated carbocycles. The zero-order valence-corrected chi connectivity index (χ0v) is 5.50. The van der Waals surface area contributed by atoms with Gasteiger partial charge in [-0.2, -0.15) is 0 Å². The minimum atomic E-state index is 0.935. The Morgan fingerprint density at radius 3 is 3.40 bits per heavy atom. The first-order chi connectivity index (χ1) is 4.97. The van der Waals surface area contributed by atoms with Crippen molar-refractivity contribution < 1.29 is 4.74 Å². The van der Waals surface area contributed by atoms with E-state index in [0.717, 1.165) is 12.2 Å². The molecule has 1 radical (unpaired) electrons. The van der Waals surface area contributed by atoms with Crippen molar-refractivity contribution in [3.63, 3.8) is 0 Å². The van der Waals surface area contributed by atoms with E-state index < -0.39 is 0 Å². The summed E-state index contributed by atoms with van der Waals surface area (Å²) in [6.45, 7) is 0. The molecular weight excluding hydrogens is 124 g/mol. The molecule has 0 bridgehead atoms. The molecule has 0 aromatic heterocycles. The molecule has 0 N–H and O–H groups in total. The number of allylic oxidation sites excluding steroid dienone is 1. The zero-order chi connectivity index (χ0) is 6.81. The van der Waals surface area contributed by atoms with Gasteiger partial charge in [-0.05, 0) is 30.2 Å². The summed E-state index contributed by atoms with van der Waals surface area (Å²) in [6.07, 6.45) is 4.70. The van der Waals surface area contributed by atoms with Crippen molar-refractivity contribution in [2.75, 3.05) is 0 Å². The van der Waals surface area contributed by atoms with Gasteiger partial charge in [-0.1, -0.05) is 12.1 Å². The second-order valence-electron chi connectivity index (χ2n) is 2.23. The fourth-order valence-electron chi connectivity index (χ4n) is 1.02. The molecule has 0 aliphatic carbocycles. The normalized spacial score (nSPS) is 14.0. The lowest BCUT2D eigenvalue weighted by atomic mass is 10.1. The molecule has 1 heteroatoms. The lowest BCUT2D eigenvalue weighted by Crippen LogP contribution is -1.94. The summed E-state index contributed by atoms with van der Waals surface area (Å²) in [4.78, 5) is 0. The Balaban J connectivity index is 2.47. The van der Waals surface area contributed by atoms with Gasteiger partial charge in [0, 0.05) is 0 Å². The van der Waals surface area contributed by atoms with Gasteiger partial charge in [-0.3, -0.25) is 0 Å². The average molecular weight is 131 g/mol. The molecule has 0 amide bonds. The van der Waals surface area contributed by atoms with Gasteiger partial charge in [-0.25, -0.2) is 0 Å².